The first-order valence-electron chi connectivity index (χ1n) is 8.41. The van der Waals surface area contributed by atoms with E-state index in [1.165, 1.54) is 0 Å². The summed E-state index contributed by atoms with van der Waals surface area (Å²) in [5.74, 6) is 0.177. The molecular formula is C18H26N2O3S. The van der Waals surface area contributed by atoms with Crippen LogP contribution in [-0.4, -0.2) is 46.6 Å². The fourth-order valence-electron chi connectivity index (χ4n) is 2.65. The van der Waals surface area contributed by atoms with Crippen molar-refractivity contribution in [2.45, 2.75) is 43.4 Å². The fraction of sp³-hybridized carbons (Fsp3) is 0.556. The standard InChI is InChI=1S/C18H26N2O3S/c1-3-24-18(9-10-18)17(23)19-11-13(2)20-16(22)15(12-21)14-7-5-4-6-8-14/h4-8,13,15,21H,3,9-12H2,1-2H3,(H,19,23)(H,20,22)/t13-,15?/m0/s1. The minimum atomic E-state index is -0.588. The third-order valence-corrected chi connectivity index (χ3v) is 5.63. The monoisotopic (exact) mass is 350 g/mol. The lowest BCUT2D eigenvalue weighted by Gasteiger charge is -2.21. The fourth-order valence-corrected chi connectivity index (χ4v) is 3.80. The summed E-state index contributed by atoms with van der Waals surface area (Å²) < 4.78 is -0.240. The molecule has 0 aromatic heterocycles. The predicted molar refractivity (Wildman–Crippen MR) is 97.0 cm³/mol. The van der Waals surface area contributed by atoms with Crippen molar-refractivity contribution in [3.63, 3.8) is 0 Å². The first kappa shape index (κ1) is 18.8. The van der Waals surface area contributed by atoms with Crippen molar-refractivity contribution in [3.05, 3.63) is 35.9 Å². The lowest BCUT2D eigenvalue weighted by Crippen LogP contribution is -2.46. The van der Waals surface area contributed by atoms with E-state index in [-0.39, 0.29) is 29.2 Å². The average Bonchev–Trinajstić information content (AvgIpc) is 3.35. The molecule has 1 unspecified atom stereocenters. The summed E-state index contributed by atoms with van der Waals surface area (Å²) >= 11 is 1.69. The Morgan fingerprint density at radius 1 is 1.29 bits per heavy atom. The summed E-state index contributed by atoms with van der Waals surface area (Å²) in [6, 6.07) is 9.01. The van der Waals surface area contributed by atoms with Crippen molar-refractivity contribution in [3.8, 4) is 0 Å². The lowest BCUT2D eigenvalue weighted by molar-refractivity contribution is -0.125. The summed E-state index contributed by atoms with van der Waals surface area (Å²) in [4.78, 5) is 24.6. The maximum atomic E-state index is 12.4. The van der Waals surface area contributed by atoms with Crippen LogP contribution in [0.5, 0.6) is 0 Å². The van der Waals surface area contributed by atoms with Crippen LogP contribution in [0.1, 0.15) is 38.2 Å². The number of rotatable bonds is 9. The van der Waals surface area contributed by atoms with E-state index >= 15 is 0 Å². The molecule has 0 aliphatic heterocycles. The van der Waals surface area contributed by atoms with Crippen LogP contribution in [0.2, 0.25) is 0 Å². The second-order valence-electron chi connectivity index (χ2n) is 6.19. The van der Waals surface area contributed by atoms with Crippen LogP contribution < -0.4 is 10.6 Å². The molecule has 24 heavy (non-hydrogen) atoms. The topological polar surface area (TPSA) is 78.4 Å². The summed E-state index contributed by atoms with van der Waals surface area (Å²) in [5.41, 5.74) is 0.782. The van der Waals surface area contributed by atoms with Gasteiger partial charge in [0.15, 0.2) is 0 Å². The Morgan fingerprint density at radius 3 is 2.50 bits per heavy atom. The zero-order valence-corrected chi connectivity index (χ0v) is 15.1. The Bertz CT molecular complexity index is 561. The van der Waals surface area contributed by atoms with Crippen LogP contribution in [0.25, 0.3) is 0 Å². The van der Waals surface area contributed by atoms with Crippen molar-refractivity contribution < 1.29 is 14.7 Å². The van der Waals surface area contributed by atoms with Gasteiger partial charge >= 0.3 is 0 Å². The van der Waals surface area contributed by atoms with E-state index in [0.29, 0.717) is 6.54 Å². The molecule has 1 aromatic carbocycles. The first-order chi connectivity index (χ1) is 11.5. The molecule has 2 rings (SSSR count). The van der Waals surface area contributed by atoms with E-state index in [9.17, 15) is 14.7 Å². The summed E-state index contributed by atoms with van der Waals surface area (Å²) in [5, 5.41) is 15.3. The van der Waals surface area contributed by atoms with Gasteiger partial charge in [-0.25, -0.2) is 0 Å². The van der Waals surface area contributed by atoms with E-state index in [4.69, 9.17) is 0 Å². The quantitative estimate of drug-likeness (QED) is 0.633. The zero-order valence-electron chi connectivity index (χ0n) is 14.2. The molecule has 1 aromatic rings. The van der Waals surface area contributed by atoms with Gasteiger partial charge < -0.3 is 15.7 Å². The Hall–Kier alpha value is -1.53. The van der Waals surface area contributed by atoms with Gasteiger partial charge in [0.2, 0.25) is 11.8 Å². The summed E-state index contributed by atoms with van der Waals surface area (Å²) in [6.45, 7) is 4.05. The molecule has 1 aliphatic rings. The van der Waals surface area contributed by atoms with Gasteiger partial charge in [-0.05, 0) is 31.1 Å². The van der Waals surface area contributed by atoms with E-state index in [2.05, 4.69) is 17.6 Å². The molecule has 0 bridgehead atoms. The van der Waals surface area contributed by atoms with Crippen LogP contribution in [-0.2, 0) is 9.59 Å². The number of thioether (sulfide) groups is 1. The van der Waals surface area contributed by atoms with Gasteiger partial charge in [-0.15, -0.1) is 11.8 Å². The highest BCUT2D eigenvalue weighted by molar-refractivity contribution is 8.01. The van der Waals surface area contributed by atoms with Crippen molar-refractivity contribution in [1.29, 1.82) is 0 Å². The van der Waals surface area contributed by atoms with E-state index < -0.39 is 5.92 Å². The molecule has 1 saturated carbocycles. The molecule has 132 valence electrons. The summed E-state index contributed by atoms with van der Waals surface area (Å²) in [7, 11) is 0. The molecule has 2 amide bonds. The van der Waals surface area contributed by atoms with Gasteiger partial charge in [0.1, 0.15) is 0 Å². The molecule has 6 heteroatoms. The number of nitrogens with one attached hydrogen (secondary N) is 2. The average molecular weight is 350 g/mol. The van der Waals surface area contributed by atoms with Crippen LogP contribution in [0, 0.1) is 0 Å². The molecule has 1 fully saturated rings. The number of aliphatic hydroxyl groups excluding tert-OH is 1. The van der Waals surface area contributed by atoms with Gasteiger partial charge in [-0.1, -0.05) is 37.3 Å². The SMILES string of the molecule is CCSC1(C(=O)NC[C@H](C)NC(=O)C(CO)c2ccccc2)CC1. The number of carbonyl (C=O) groups is 2. The minimum Gasteiger partial charge on any atom is -0.395 e. The number of benzene rings is 1. The molecule has 5 nitrogen and oxygen atoms in total. The van der Waals surface area contributed by atoms with Gasteiger partial charge in [0.05, 0.1) is 17.3 Å². The van der Waals surface area contributed by atoms with E-state index in [0.717, 1.165) is 24.2 Å². The Balaban J connectivity index is 1.82. The second kappa shape index (κ2) is 8.53. The molecular weight excluding hydrogens is 324 g/mol. The van der Waals surface area contributed by atoms with Crippen molar-refractivity contribution in [2.24, 2.45) is 0 Å². The third-order valence-electron chi connectivity index (χ3n) is 4.20. The zero-order chi connectivity index (χ0) is 17.6. The van der Waals surface area contributed by atoms with Gasteiger partial charge in [0.25, 0.3) is 0 Å². The largest absolute Gasteiger partial charge is 0.395 e. The molecule has 0 heterocycles. The number of amides is 2. The number of hydrogen-bond donors (Lipinski definition) is 3. The van der Waals surface area contributed by atoms with E-state index in [1.807, 2.05) is 37.3 Å². The van der Waals surface area contributed by atoms with Crippen molar-refractivity contribution in [2.75, 3.05) is 18.9 Å². The smallest absolute Gasteiger partial charge is 0.236 e. The third kappa shape index (κ3) is 4.74. The molecule has 2 atom stereocenters. The Labute approximate surface area is 147 Å². The minimum absolute atomic E-state index is 0.0669. The Kier molecular flexibility index (Phi) is 6.69. The molecule has 1 aliphatic carbocycles. The highest BCUT2D eigenvalue weighted by Gasteiger charge is 2.49. The van der Waals surface area contributed by atoms with Crippen LogP contribution in [0.3, 0.4) is 0 Å². The number of carbonyl (C=O) groups excluding carboxylic acids is 2. The highest BCUT2D eigenvalue weighted by atomic mass is 32.2. The lowest BCUT2D eigenvalue weighted by atomic mass is 9.99. The van der Waals surface area contributed by atoms with Crippen LogP contribution >= 0.6 is 11.8 Å². The molecule has 0 spiro atoms. The maximum absolute atomic E-state index is 12.4. The normalized spacial score (nSPS) is 17.6. The van der Waals surface area contributed by atoms with Crippen LogP contribution in [0.4, 0.5) is 0 Å². The van der Waals surface area contributed by atoms with Gasteiger partial charge in [-0.2, -0.15) is 0 Å². The molecule has 0 radical (unpaired) electrons. The second-order valence-corrected chi connectivity index (χ2v) is 7.84. The first-order valence-corrected chi connectivity index (χ1v) is 9.39. The maximum Gasteiger partial charge on any atom is 0.236 e. The molecule has 3 N–H and O–H groups in total. The number of aliphatic hydroxyl groups is 1. The van der Waals surface area contributed by atoms with Crippen molar-refractivity contribution in [1.82, 2.24) is 10.6 Å². The summed E-state index contributed by atoms with van der Waals surface area (Å²) in [6.07, 6.45) is 1.86. The molecule has 0 saturated heterocycles. The number of hydrogen-bond acceptors (Lipinski definition) is 4. The highest BCUT2D eigenvalue weighted by Crippen LogP contribution is 2.48. The van der Waals surface area contributed by atoms with Gasteiger partial charge in [0, 0.05) is 12.6 Å². The van der Waals surface area contributed by atoms with Crippen molar-refractivity contribution >= 4 is 23.6 Å². The van der Waals surface area contributed by atoms with Crippen LogP contribution in [0.15, 0.2) is 30.3 Å². The van der Waals surface area contributed by atoms with Gasteiger partial charge in [-0.3, -0.25) is 9.59 Å². The predicted octanol–water partition coefficient (Wildman–Crippen LogP) is 1.67. The Morgan fingerprint density at radius 2 is 1.96 bits per heavy atom. The van der Waals surface area contributed by atoms with E-state index in [1.54, 1.807) is 11.8 Å².